The van der Waals surface area contributed by atoms with Gasteiger partial charge < -0.3 is 20.9 Å². The van der Waals surface area contributed by atoms with E-state index in [-0.39, 0.29) is 41.4 Å². The second kappa shape index (κ2) is 10.9. The maximum absolute atomic E-state index is 13.9. The molecule has 6 nitrogen and oxygen atoms in total. The first-order valence-electron chi connectivity index (χ1n) is 9.04. The average molecular weight is 478 g/mol. The monoisotopic (exact) mass is 478 g/mol. The molecule has 2 rings (SSSR count). The maximum atomic E-state index is 13.9. The zero-order valence-electron chi connectivity index (χ0n) is 16.2. The van der Waals surface area contributed by atoms with Gasteiger partial charge in [0.15, 0.2) is 17.6 Å². The van der Waals surface area contributed by atoms with Gasteiger partial charge in [-0.05, 0) is 46.2 Å². The van der Waals surface area contributed by atoms with Gasteiger partial charge in [-0.25, -0.2) is 9.37 Å². The summed E-state index contributed by atoms with van der Waals surface area (Å²) in [7, 11) is 0. The Labute approximate surface area is 173 Å². The lowest BCUT2D eigenvalue weighted by Crippen LogP contribution is -2.45. The number of rotatable bonds is 6. The zero-order chi connectivity index (χ0) is 18.3. The minimum atomic E-state index is -0.267. The van der Waals surface area contributed by atoms with E-state index in [1.54, 1.807) is 12.3 Å². The van der Waals surface area contributed by atoms with Crippen molar-refractivity contribution in [2.24, 2.45) is 4.99 Å². The smallest absolute Gasteiger partial charge is 0.191 e. The fraction of sp³-hybridized carbons (Fsp3) is 0.667. The van der Waals surface area contributed by atoms with E-state index in [1.807, 2.05) is 4.90 Å². The molecule has 1 atom stereocenters. The molecule has 0 aliphatic carbocycles. The van der Waals surface area contributed by atoms with Gasteiger partial charge in [0.05, 0.1) is 6.54 Å². The van der Waals surface area contributed by atoms with Crippen LogP contribution in [0.3, 0.4) is 0 Å². The Bertz CT molecular complexity index is 575. The van der Waals surface area contributed by atoms with Crippen molar-refractivity contribution in [3.63, 3.8) is 0 Å². The number of nitrogens with zero attached hydrogens (tertiary/aromatic N) is 3. The molecule has 26 heavy (non-hydrogen) atoms. The minimum Gasteiger partial charge on any atom is -0.357 e. The van der Waals surface area contributed by atoms with E-state index < -0.39 is 0 Å². The summed E-state index contributed by atoms with van der Waals surface area (Å²) in [6.07, 6.45) is 2.56. The molecule has 3 N–H and O–H groups in total. The lowest BCUT2D eigenvalue weighted by molar-refractivity contribution is 0.432. The number of halogens is 2. The molecular weight excluding hydrogens is 446 g/mol. The number of guanidine groups is 1. The van der Waals surface area contributed by atoms with E-state index in [9.17, 15) is 4.39 Å². The van der Waals surface area contributed by atoms with E-state index >= 15 is 0 Å². The third-order valence-corrected chi connectivity index (χ3v) is 3.95. The Kier molecular flexibility index (Phi) is 9.56. The molecule has 1 aromatic rings. The number of aromatic nitrogens is 1. The molecule has 0 spiro atoms. The van der Waals surface area contributed by atoms with Crippen molar-refractivity contribution in [3.8, 4) is 0 Å². The van der Waals surface area contributed by atoms with Crippen LogP contribution < -0.4 is 20.9 Å². The van der Waals surface area contributed by atoms with E-state index in [4.69, 9.17) is 0 Å². The molecule has 1 aromatic heterocycles. The third kappa shape index (κ3) is 7.61. The highest BCUT2D eigenvalue weighted by molar-refractivity contribution is 14.0. The Hall–Kier alpha value is -1.16. The molecule has 0 amide bonds. The highest BCUT2D eigenvalue weighted by atomic mass is 127. The Morgan fingerprint density at radius 1 is 1.42 bits per heavy atom. The Morgan fingerprint density at radius 2 is 2.19 bits per heavy atom. The molecular formula is C18H32FIN6. The van der Waals surface area contributed by atoms with Gasteiger partial charge >= 0.3 is 0 Å². The fourth-order valence-electron chi connectivity index (χ4n) is 2.79. The lowest BCUT2D eigenvalue weighted by Gasteiger charge is -2.21. The summed E-state index contributed by atoms with van der Waals surface area (Å²) in [5.41, 5.74) is 0.0972. The Morgan fingerprint density at radius 3 is 2.85 bits per heavy atom. The van der Waals surface area contributed by atoms with Gasteiger partial charge in [0.1, 0.15) is 0 Å². The van der Waals surface area contributed by atoms with Crippen LogP contribution in [0.1, 0.15) is 34.1 Å². The number of nitrogens with one attached hydrogen (secondary N) is 3. The highest BCUT2D eigenvalue weighted by Crippen LogP contribution is 2.20. The summed E-state index contributed by atoms with van der Waals surface area (Å²) in [6.45, 7) is 12.3. The molecule has 1 saturated heterocycles. The van der Waals surface area contributed by atoms with Gasteiger partial charge in [0, 0.05) is 44.0 Å². The van der Waals surface area contributed by atoms with Crippen molar-refractivity contribution in [2.45, 2.75) is 45.7 Å². The summed E-state index contributed by atoms with van der Waals surface area (Å²) in [5, 5.41) is 10.2. The molecule has 2 heterocycles. The van der Waals surface area contributed by atoms with E-state index in [0.717, 1.165) is 38.6 Å². The van der Waals surface area contributed by atoms with Crippen LogP contribution in [0.15, 0.2) is 23.3 Å². The SMILES string of the molecule is CCNC(=NCCNC(C)(C)C)NC1CCN(c2ncccc2F)C1.I. The van der Waals surface area contributed by atoms with Crippen LogP contribution in [0.2, 0.25) is 0 Å². The first-order valence-corrected chi connectivity index (χ1v) is 9.04. The van der Waals surface area contributed by atoms with Crippen LogP contribution in [-0.2, 0) is 0 Å². The van der Waals surface area contributed by atoms with E-state index in [2.05, 4.69) is 53.6 Å². The van der Waals surface area contributed by atoms with Crippen molar-refractivity contribution in [3.05, 3.63) is 24.1 Å². The number of hydrogen-bond acceptors (Lipinski definition) is 4. The average Bonchev–Trinajstić information content (AvgIpc) is 2.99. The molecule has 1 aliphatic heterocycles. The van der Waals surface area contributed by atoms with Crippen molar-refractivity contribution in [1.29, 1.82) is 0 Å². The van der Waals surface area contributed by atoms with Crippen LogP contribution in [0, 0.1) is 5.82 Å². The topological polar surface area (TPSA) is 64.6 Å². The fourth-order valence-corrected chi connectivity index (χ4v) is 2.79. The quantitative estimate of drug-likeness (QED) is 0.254. The second-order valence-corrected chi connectivity index (χ2v) is 7.32. The molecule has 0 saturated carbocycles. The number of hydrogen-bond donors (Lipinski definition) is 3. The third-order valence-electron chi connectivity index (χ3n) is 3.95. The first-order chi connectivity index (χ1) is 11.9. The van der Waals surface area contributed by atoms with Gasteiger partial charge in [0.2, 0.25) is 0 Å². The van der Waals surface area contributed by atoms with Gasteiger partial charge in [0.25, 0.3) is 0 Å². The van der Waals surface area contributed by atoms with Crippen LogP contribution in [-0.4, -0.2) is 55.2 Å². The number of aliphatic imine (C=N–C) groups is 1. The number of anilines is 1. The molecule has 1 unspecified atom stereocenters. The largest absolute Gasteiger partial charge is 0.357 e. The van der Waals surface area contributed by atoms with Crippen LogP contribution >= 0.6 is 24.0 Å². The molecule has 1 aliphatic rings. The predicted molar refractivity (Wildman–Crippen MR) is 117 cm³/mol. The normalized spacial score (nSPS) is 17.8. The highest BCUT2D eigenvalue weighted by Gasteiger charge is 2.25. The molecule has 0 bridgehead atoms. The summed E-state index contributed by atoms with van der Waals surface area (Å²) >= 11 is 0. The van der Waals surface area contributed by atoms with Crippen molar-refractivity contribution >= 4 is 35.8 Å². The summed E-state index contributed by atoms with van der Waals surface area (Å²) < 4.78 is 13.9. The van der Waals surface area contributed by atoms with Crippen molar-refractivity contribution < 1.29 is 4.39 Å². The van der Waals surface area contributed by atoms with Crippen molar-refractivity contribution in [2.75, 3.05) is 37.6 Å². The van der Waals surface area contributed by atoms with Crippen LogP contribution in [0.4, 0.5) is 10.2 Å². The van der Waals surface area contributed by atoms with E-state index in [1.165, 1.54) is 6.07 Å². The van der Waals surface area contributed by atoms with Crippen LogP contribution in [0.25, 0.3) is 0 Å². The zero-order valence-corrected chi connectivity index (χ0v) is 18.5. The standard InChI is InChI=1S/C18H31FN6.HI/c1-5-20-17(22-10-11-23-18(2,3)4)24-14-8-12-25(13-14)16-15(19)7-6-9-21-16;/h6-7,9,14,23H,5,8,10-13H2,1-4H3,(H2,20,22,24);1H. The Balaban J connectivity index is 0.00000338. The van der Waals surface area contributed by atoms with Crippen LogP contribution in [0.5, 0.6) is 0 Å². The van der Waals surface area contributed by atoms with Crippen molar-refractivity contribution in [1.82, 2.24) is 20.9 Å². The number of pyridine rings is 1. The minimum absolute atomic E-state index is 0. The molecule has 148 valence electrons. The van der Waals surface area contributed by atoms with E-state index in [0.29, 0.717) is 12.4 Å². The predicted octanol–water partition coefficient (Wildman–Crippen LogP) is 2.36. The second-order valence-electron chi connectivity index (χ2n) is 7.32. The molecule has 0 aromatic carbocycles. The first kappa shape index (κ1) is 22.9. The maximum Gasteiger partial charge on any atom is 0.191 e. The summed E-state index contributed by atoms with van der Waals surface area (Å²) in [4.78, 5) is 10.8. The molecule has 8 heteroatoms. The van der Waals surface area contributed by atoms with Gasteiger partial charge in [-0.15, -0.1) is 24.0 Å². The van der Waals surface area contributed by atoms with Gasteiger partial charge in [-0.1, -0.05) is 0 Å². The molecule has 0 radical (unpaired) electrons. The summed E-state index contributed by atoms with van der Waals surface area (Å²) in [6, 6.07) is 3.30. The molecule has 1 fully saturated rings. The summed E-state index contributed by atoms with van der Waals surface area (Å²) in [5.74, 6) is 0.978. The van der Waals surface area contributed by atoms with Gasteiger partial charge in [-0.3, -0.25) is 4.99 Å². The van der Waals surface area contributed by atoms with Gasteiger partial charge in [-0.2, -0.15) is 0 Å². The lowest BCUT2D eigenvalue weighted by atomic mass is 10.1.